The largest absolute Gasteiger partial charge is 0.454 e. The molecule has 4 nitrogen and oxygen atoms in total. The molecule has 0 spiro atoms. The van der Waals surface area contributed by atoms with Crippen molar-refractivity contribution in [2.24, 2.45) is 0 Å². The normalized spacial score (nSPS) is 15.5. The van der Waals surface area contributed by atoms with Crippen molar-refractivity contribution in [2.45, 2.75) is 25.4 Å². The standard InChI is InChI=1S/C18H16FNO3/c19-14-4-1-12(2-5-14)10-20(15-6-7-15)18(21)13-3-8-16-17(9-13)23-11-22-16/h1-5,8-9,15H,6-7,10-11H2. The molecule has 0 saturated heterocycles. The highest BCUT2D eigenvalue weighted by molar-refractivity contribution is 5.95. The van der Waals surface area contributed by atoms with Gasteiger partial charge >= 0.3 is 0 Å². The summed E-state index contributed by atoms with van der Waals surface area (Å²) in [7, 11) is 0. The molecule has 1 heterocycles. The molecule has 0 radical (unpaired) electrons. The molecule has 0 N–H and O–H groups in total. The molecule has 4 rings (SSSR count). The van der Waals surface area contributed by atoms with Gasteiger partial charge in [0.1, 0.15) is 5.82 Å². The van der Waals surface area contributed by atoms with Crippen molar-refractivity contribution in [1.29, 1.82) is 0 Å². The first-order valence-electron chi connectivity index (χ1n) is 7.66. The predicted molar refractivity (Wildman–Crippen MR) is 81.9 cm³/mol. The van der Waals surface area contributed by atoms with Gasteiger partial charge < -0.3 is 14.4 Å². The van der Waals surface area contributed by atoms with Crippen LogP contribution in [-0.4, -0.2) is 23.6 Å². The minimum atomic E-state index is -0.270. The molecule has 23 heavy (non-hydrogen) atoms. The van der Waals surface area contributed by atoms with E-state index in [4.69, 9.17) is 9.47 Å². The van der Waals surface area contributed by atoms with Crippen molar-refractivity contribution < 1.29 is 18.7 Å². The van der Waals surface area contributed by atoms with E-state index in [0.717, 1.165) is 18.4 Å². The third-order valence-electron chi connectivity index (χ3n) is 4.13. The quantitative estimate of drug-likeness (QED) is 0.869. The molecule has 2 aromatic carbocycles. The zero-order chi connectivity index (χ0) is 15.8. The van der Waals surface area contributed by atoms with E-state index in [2.05, 4.69) is 0 Å². The van der Waals surface area contributed by atoms with Crippen LogP contribution in [0.5, 0.6) is 11.5 Å². The molecule has 1 aliphatic heterocycles. The van der Waals surface area contributed by atoms with Crippen molar-refractivity contribution >= 4 is 5.91 Å². The van der Waals surface area contributed by atoms with Crippen LogP contribution in [0.1, 0.15) is 28.8 Å². The van der Waals surface area contributed by atoms with E-state index in [-0.39, 0.29) is 24.6 Å². The van der Waals surface area contributed by atoms with Crippen molar-refractivity contribution in [3.63, 3.8) is 0 Å². The molecular formula is C18H16FNO3. The number of carbonyl (C=O) groups excluding carboxylic acids is 1. The lowest BCUT2D eigenvalue weighted by molar-refractivity contribution is 0.0729. The second-order valence-electron chi connectivity index (χ2n) is 5.86. The van der Waals surface area contributed by atoms with Crippen LogP contribution in [0.3, 0.4) is 0 Å². The lowest BCUT2D eigenvalue weighted by atomic mass is 10.1. The van der Waals surface area contributed by atoms with Crippen LogP contribution in [-0.2, 0) is 6.54 Å². The van der Waals surface area contributed by atoms with E-state index in [0.29, 0.717) is 23.6 Å². The fourth-order valence-corrected chi connectivity index (χ4v) is 2.73. The first-order chi connectivity index (χ1) is 11.2. The molecule has 2 aromatic rings. The minimum absolute atomic E-state index is 0.0323. The van der Waals surface area contributed by atoms with E-state index >= 15 is 0 Å². The smallest absolute Gasteiger partial charge is 0.254 e. The molecule has 2 aliphatic rings. The number of amides is 1. The monoisotopic (exact) mass is 313 g/mol. The molecular weight excluding hydrogens is 297 g/mol. The molecule has 0 atom stereocenters. The van der Waals surface area contributed by atoms with Gasteiger partial charge in [-0.05, 0) is 48.7 Å². The van der Waals surface area contributed by atoms with Gasteiger partial charge in [-0.2, -0.15) is 0 Å². The summed E-state index contributed by atoms with van der Waals surface area (Å²) in [6.07, 6.45) is 2.02. The van der Waals surface area contributed by atoms with Gasteiger partial charge in [0.05, 0.1) is 0 Å². The fourth-order valence-electron chi connectivity index (χ4n) is 2.73. The second-order valence-corrected chi connectivity index (χ2v) is 5.86. The summed E-state index contributed by atoms with van der Waals surface area (Å²) < 4.78 is 23.7. The van der Waals surface area contributed by atoms with E-state index in [9.17, 15) is 9.18 Å². The van der Waals surface area contributed by atoms with Crippen molar-refractivity contribution in [2.75, 3.05) is 6.79 Å². The maximum Gasteiger partial charge on any atom is 0.254 e. The topological polar surface area (TPSA) is 38.8 Å². The number of carbonyl (C=O) groups is 1. The Hall–Kier alpha value is -2.56. The highest BCUT2D eigenvalue weighted by Crippen LogP contribution is 2.35. The average Bonchev–Trinajstić information content (AvgIpc) is 3.30. The maximum absolute atomic E-state index is 13.0. The van der Waals surface area contributed by atoms with Crippen LogP contribution in [0.25, 0.3) is 0 Å². The highest BCUT2D eigenvalue weighted by atomic mass is 19.1. The Kier molecular flexibility index (Phi) is 3.41. The van der Waals surface area contributed by atoms with Crippen LogP contribution < -0.4 is 9.47 Å². The Morgan fingerprint density at radius 1 is 1.09 bits per heavy atom. The number of ether oxygens (including phenoxy) is 2. The lowest BCUT2D eigenvalue weighted by Crippen LogP contribution is -2.32. The number of benzene rings is 2. The van der Waals surface area contributed by atoms with Gasteiger partial charge in [0.15, 0.2) is 11.5 Å². The average molecular weight is 313 g/mol. The third kappa shape index (κ3) is 2.86. The lowest BCUT2D eigenvalue weighted by Gasteiger charge is -2.23. The molecule has 5 heteroatoms. The third-order valence-corrected chi connectivity index (χ3v) is 4.13. The zero-order valence-corrected chi connectivity index (χ0v) is 12.5. The summed E-state index contributed by atoms with van der Waals surface area (Å²) in [5, 5.41) is 0. The van der Waals surface area contributed by atoms with Gasteiger partial charge in [-0.25, -0.2) is 4.39 Å². The Bertz CT molecular complexity index is 740. The molecule has 1 saturated carbocycles. The number of halogens is 1. The van der Waals surface area contributed by atoms with Gasteiger partial charge in [0.25, 0.3) is 5.91 Å². The maximum atomic E-state index is 13.0. The van der Waals surface area contributed by atoms with Gasteiger partial charge in [-0.1, -0.05) is 12.1 Å². The first-order valence-corrected chi connectivity index (χ1v) is 7.66. The highest BCUT2D eigenvalue weighted by Gasteiger charge is 2.33. The summed E-state index contributed by atoms with van der Waals surface area (Å²) in [5.74, 6) is 0.968. The first kappa shape index (κ1) is 14.1. The Morgan fingerprint density at radius 2 is 1.83 bits per heavy atom. The van der Waals surface area contributed by atoms with Crippen molar-refractivity contribution in [1.82, 2.24) is 4.90 Å². The number of fused-ring (bicyclic) bond motifs is 1. The van der Waals surface area contributed by atoms with E-state index in [1.54, 1.807) is 30.3 Å². The second kappa shape index (κ2) is 5.57. The predicted octanol–water partition coefficient (Wildman–Crippen LogP) is 3.36. The van der Waals surface area contributed by atoms with E-state index in [1.807, 2.05) is 4.90 Å². The van der Waals surface area contributed by atoms with Crippen molar-refractivity contribution in [3.8, 4) is 11.5 Å². The Balaban J connectivity index is 1.57. The summed E-state index contributed by atoms with van der Waals surface area (Å²) in [6.45, 7) is 0.674. The van der Waals surface area contributed by atoms with Crippen LogP contribution in [0.4, 0.5) is 4.39 Å². The number of nitrogens with zero attached hydrogens (tertiary/aromatic N) is 1. The molecule has 0 aromatic heterocycles. The number of hydrogen-bond donors (Lipinski definition) is 0. The molecule has 0 bridgehead atoms. The molecule has 1 aliphatic carbocycles. The van der Waals surface area contributed by atoms with Crippen molar-refractivity contribution in [3.05, 3.63) is 59.4 Å². The fraction of sp³-hybridized carbons (Fsp3) is 0.278. The molecule has 0 unspecified atom stereocenters. The van der Waals surface area contributed by atoms with E-state index in [1.165, 1.54) is 12.1 Å². The molecule has 1 fully saturated rings. The summed E-state index contributed by atoms with van der Waals surface area (Å²) in [4.78, 5) is 14.7. The minimum Gasteiger partial charge on any atom is -0.454 e. The van der Waals surface area contributed by atoms with Crippen LogP contribution in [0.2, 0.25) is 0 Å². The van der Waals surface area contributed by atoms with Crippen LogP contribution in [0.15, 0.2) is 42.5 Å². The Morgan fingerprint density at radius 3 is 2.57 bits per heavy atom. The molecule has 118 valence electrons. The van der Waals surface area contributed by atoms with Gasteiger partial charge in [-0.3, -0.25) is 4.79 Å². The Labute approximate surface area is 133 Å². The number of hydrogen-bond acceptors (Lipinski definition) is 3. The zero-order valence-electron chi connectivity index (χ0n) is 12.5. The van der Waals surface area contributed by atoms with E-state index < -0.39 is 0 Å². The van der Waals surface area contributed by atoms with Gasteiger partial charge in [-0.15, -0.1) is 0 Å². The summed E-state index contributed by atoms with van der Waals surface area (Å²) in [5.41, 5.74) is 1.51. The number of rotatable bonds is 4. The summed E-state index contributed by atoms with van der Waals surface area (Å²) in [6, 6.07) is 11.8. The van der Waals surface area contributed by atoms with Crippen LogP contribution in [0, 0.1) is 5.82 Å². The SMILES string of the molecule is O=C(c1ccc2c(c1)OCO2)N(Cc1ccc(F)cc1)C1CC1. The van der Waals surface area contributed by atoms with Crippen LogP contribution >= 0.6 is 0 Å². The van der Waals surface area contributed by atoms with Gasteiger partial charge in [0, 0.05) is 18.2 Å². The van der Waals surface area contributed by atoms with Gasteiger partial charge in [0.2, 0.25) is 6.79 Å². The summed E-state index contributed by atoms with van der Waals surface area (Å²) >= 11 is 0. The molecule has 1 amide bonds.